The highest BCUT2D eigenvalue weighted by molar-refractivity contribution is 5.85. The van der Waals surface area contributed by atoms with E-state index in [1.54, 1.807) is 16.7 Å². The van der Waals surface area contributed by atoms with E-state index in [2.05, 4.69) is 10.3 Å². The number of fused-ring (bicyclic) bond motifs is 1. The molecular formula is C21H26F2N4O2. The van der Waals surface area contributed by atoms with Gasteiger partial charge in [-0.2, -0.15) is 0 Å². The number of likely N-dealkylation sites (N-methyl/N-ethyl adjacent to an activating group) is 1. The number of anilines is 2. The third-order valence-corrected chi connectivity index (χ3v) is 4.42. The van der Waals surface area contributed by atoms with Gasteiger partial charge >= 0.3 is 5.69 Å². The molecule has 0 aliphatic rings. The van der Waals surface area contributed by atoms with Gasteiger partial charge in [-0.05, 0) is 38.2 Å². The fourth-order valence-electron chi connectivity index (χ4n) is 3.02. The molecule has 0 amide bonds. The second-order valence-electron chi connectivity index (χ2n) is 7.70. The minimum atomic E-state index is -0.713. The summed E-state index contributed by atoms with van der Waals surface area (Å²) in [6.45, 7) is 5.74. The van der Waals surface area contributed by atoms with Gasteiger partial charge in [-0.1, -0.05) is 13.8 Å². The smallest absolute Gasteiger partial charge is 0.326 e. The van der Waals surface area contributed by atoms with Gasteiger partial charge in [0.1, 0.15) is 24.0 Å². The van der Waals surface area contributed by atoms with Crippen LogP contribution in [0.2, 0.25) is 0 Å². The lowest BCUT2D eigenvalue weighted by atomic mass is 10.2. The van der Waals surface area contributed by atoms with Gasteiger partial charge in [0.15, 0.2) is 0 Å². The molecule has 156 valence electrons. The molecule has 2 aromatic carbocycles. The fraction of sp³-hybridized carbons (Fsp3) is 0.381. The zero-order valence-electron chi connectivity index (χ0n) is 17.1. The molecule has 0 spiro atoms. The fourth-order valence-corrected chi connectivity index (χ4v) is 3.02. The molecule has 1 heterocycles. The third-order valence-electron chi connectivity index (χ3n) is 4.42. The molecule has 0 atom stereocenters. The Bertz CT molecular complexity index is 1060. The molecule has 0 saturated carbocycles. The van der Waals surface area contributed by atoms with Crippen molar-refractivity contribution < 1.29 is 13.5 Å². The van der Waals surface area contributed by atoms with Gasteiger partial charge in [0.25, 0.3) is 0 Å². The van der Waals surface area contributed by atoms with Gasteiger partial charge in [0.2, 0.25) is 0 Å². The van der Waals surface area contributed by atoms with Crippen LogP contribution in [0.25, 0.3) is 11.0 Å². The molecule has 3 rings (SSSR count). The van der Waals surface area contributed by atoms with Gasteiger partial charge in [-0.3, -0.25) is 4.57 Å². The average molecular weight is 404 g/mol. The summed E-state index contributed by atoms with van der Waals surface area (Å²) in [7, 11) is 3.87. The summed E-state index contributed by atoms with van der Waals surface area (Å²) in [5.41, 5.74) is 1.72. The van der Waals surface area contributed by atoms with Gasteiger partial charge in [0.05, 0.1) is 22.4 Å². The molecule has 0 aliphatic heterocycles. The third kappa shape index (κ3) is 4.95. The minimum absolute atomic E-state index is 0.118. The van der Waals surface area contributed by atoms with Crippen molar-refractivity contribution in [1.29, 1.82) is 0 Å². The van der Waals surface area contributed by atoms with Crippen LogP contribution in [0.4, 0.5) is 20.2 Å². The number of imidazole rings is 1. The van der Waals surface area contributed by atoms with Crippen molar-refractivity contribution in [2.75, 3.05) is 32.6 Å². The number of nitrogens with one attached hydrogen (secondary N) is 2. The predicted octanol–water partition coefficient (Wildman–Crippen LogP) is 3.95. The van der Waals surface area contributed by atoms with E-state index in [1.807, 2.05) is 32.8 Å². The van der Waals surface area contributed by atoms with Crippen LogP contribution in [0.5, 0.6) is 5.75 Å². The Morgan fingerprint density at radius 2 is 1.93 bits per heavy atom. The lowest BCUT2D eigenvalue weighted by Gasteiger charge is -2.16. The number of aromatic nitrogens is 2. The lowest BCUT2D eigenvalue weighted by molar-refractivity contribution is 0.262. The van der Waals surface area contributed by atoms with Crippen LogP contribution in [0.1, 0.15) is 13.8 Å². The Balaban J connectivity index is 2.04. The van der Waals surface area contributed by atoms with E-state index in [0.29, 0.717) is 42.2 Å². The molecule has 8 heteroatoms. The van der Waals surface area contributed by atoms with Crippen LogP contribution in [-0.4, -0.2) is 41.7 Å². The summed E-state index contributed by atoms with van der Waals surface area (Å²) in [6, 6.07) is 6.80. The zero-order valence-corrected chi connectivity index (χ0v) is 17.1. The molecule has 0 radical (unpaired) electrons. The Morgan fingerprint density at radius 3 is 2.59 bits per heavy atom. The Labute approximate surface area is 168 Å². The van der Waals surface area contributed by atoms with E-state index < -0.39 is 11.6 Å². The standard InChI is InChI=1S/C21H26F2N4O2/c1-13(2)12-27-19-11-20(29-8-7-26(3)4)18(10-17(19)25-21(27)28)24-16-6-5-14(22)9-15(16)23/h5-6,9-11,13,24H,7-8,12H2,1-4H3,(H,25,28). The first kappa shape index (κ1) is 20.9. The number of rotatable bonds is 8. The summed E-state index contributed by atoms with van der Waals surface area (Å²) < 4.78 is 35.0. The minimum Gasteiger partial charge on any atom is -0.490 e. The molecule has 29 heavy (non-hydrogen) atoms. The maximum atomic E-state index is 14.1. The Kier molecular flexibility index (Phi) is 6.22. The van der Waals surface area contributed by atoms with Crippen LogP contribution in [-0.2, 0) is 6.54 Å². The van der Waals surface area contributed by atoms with Crippen molar-refractivity contribution in [3.63, 3.8) is 0 Å². The molecule has 1 aromatic heterocycles. The van der Waals surface area contributed by atoms with Crippen LogP contribution in [0.3, 0.4) is 0 Å². The number of nitrogens with zero attached hydrogens (tertiary/aromatic N) is 2. The molecule has 0 bridgehead atoms. The normalized spacial score (nSPS) is 11.6. The summed E-state index contributed by atoms with van der Waals surface area (Å²) in [4.78, 5) is 17.2. The van der Waals surface area contributed by atoms with Crippen LogP contribution in [0.15, 0.2) is 35.1 Å². The SMILES string of the molecule is CC(C)Cn1c(=O)[nH]c2cc(Nc3ccc(F)cc3F)c(OCCN(C)C)cc21. The molecule has 2 N–H and O–H groups in total. The van der Waals surface area contributed by atoms with Gasteiger partial charge in [0, 0.05) is 25.2 Å². The average Bonchev–Trinajstić information content (AvgIpc) is 2.91. The van der Waals surface area contributed by atoms with Gasteiger partial charge in [-0.25, -0.2) is 13.6 Å². The quantitative estimate of drug-likeness (QED) is 0.597. The first-order valence-corrected chi connectivity index (χ1v) is 9.50. The molecule has 0 saturated heterocycles. The van der Waals surface area contributed by atoms with Crippen LogP contribution >= 0.6 is 0 Å². The Hall–Kier alpha value is -2.87. The first-order valence-electron chi connectivity index (χ1n) is 9.50. The van der Waals surface area contributed by atoms with Crippen LogP contribution in [0, 0.1) is 17.6 Å². The highest BCUT2D eigenvalue weighted by atomic mass is 19.1. The predicted molar refractivity (Wildman–Crippen MR) is 111 cm³/mol. The number of H-pyrrole nitrogens is 1. The summed E-state index contributed by atoms with van der Waals surface area (Å²) in [5.74, 6) is -0.591. The van der Waals surface area contributed by atoms with E-state index in [0.717, 1.165) is 6.07 Å². The van der Waals surface area contributed by atoms with Crippen molar-refractivity contribution >= 4 is 22.4 Å². The van der Waals surface area contributed by atoms with Crippen molar-refractivity contribution in [3.8, 4) is 5.75 Å². The highest BCUT2D eigenvalue weighted by Crippen LogP contribution is 2.33. The summed E-state index contributed by atoms with van der Waals surface area (Å²) >= 11 is 0. The monoisotopic (exact) mass is 404 g/mol. The molecule has 6 nitrogen and oxygen atoms in total. The number of hydrogen-bond acceptors (Lipinski definition) is 4. The van der Waals surface area contributed by atoms with Crippen molar-refractivity contribution in [2.24, 2.45) is 5.92 Å². The second kappa shape index (κ2) is 8.65. The molecule has 0 aliphatic carbocycles. The van der Waals surface area contributed by atoms with Gasteiger partial charge < -0.3 is 19.9 Å². The number of ether oxygens (including phenoxy) is 1. The highest BCUT2D eigenvalue weighted by Gasteiger charge is 2.15. The number of hydrogen-bond donors (Lipinski definition) is 2. The largest absolute Gasteiger partial charge is 0.490 e. The van der Waals surface area contributed by atoms with E-state index in [-0.39, 0.29) is 17.3 Å². The molecule has 0 fully saturated rings. The molecule has 0 unspecified atom stereocenters. The van der Waals surface area contributed by atoms with Gasteiger partial charge in [-0.15, -0.1) is 0 Å². The second-order valence-corrected chi connectivity index (χ2v) is 7.70. The summed E-state index contributed by atoms with van der Waals surface area (Å²) in [5, 5.41) is 2.96. The topological polar surface area (TPSA) is 62.3 Å². The lowest BCUT2D eigenvalue weighted by Crippen LogP contribution is -2.20. The van der Waals surface area contributed by atoms with E-state index in [4.69, 9.17) is 4.74 Å². The molecular weight excluding hydrogens is 378 g/mol. The Morgan fingerprint density at radius 1 is 1.17 bits per heavy atom. The summed E-state index contributed by atoms with van der Waals surface area (Å²) in [6.07, 6.45) is 0. The van der Waals surface area contributed by atoms with E-state index in [1.165, 1.54) is 12.1 Å². The number of aromatic amines is 1. The van der Waals surface area contributed by atoms with Crippen LogP contribution < -0.4 is 15.7 Å². The van der Waals surface area contributed by atoms with Crippen molar-refractivity contribution in [1.82, 2.24) is 14.5 Å². The van der Waals surface area contributed by atoms with Crippen molar-refractivity contribution in [3.05, 3.63) is 52.5 Å². The number of benzene rings is 2. The first-order chi connectivity index (χ1) is 13.7. The van der Waals surface area contributed by atoms with E-state index in [9.17, 15) is 13.6 Å². The molecule has 3 aromatic rings. The zero-order chi connectivity index (χ0) is 21.1. The van der Waals surface area contributed by atoms with E-state index >= 15 is 0 Å². The maximum Gasteiger partial charge on any atom is 0.326 e. The van der Waals surface area contributed by atoms with Crippen molar-refractivity contribution in [2.45, 2.75) is 20.4 Å². The number of halogens is 2. The maximum absolute atomic E-state index is 14.1.